The van der Waals surface area contributed by atoms with Gasteiger partial charge in [-0.1, -0.05) is 18.2 Å². The lowest BCUT2D eigenvalue weighted by molar-refractivity contribution is 0.0158. The number of aryl methyl sites for hydroxylation is 1. The molecule has 0 N–H and O–H groups in total. The van der Waals surface area contributed by atoms with Gasteiger partial charge in [0, 0.05) is 25.7 Å². The number of hydrogen-bond donors (Lipinski definition) is 0. The van der Waals surface area contributed by atoms with Crippen LogP contribution in [0.3, 0.4) is 0 Å². The number of carbonyl (C=O) groups excluding carboxylic acids is 1. The van der Waals surface area contributed by atoms with Gasteiger partial charge in [-0.2, -0.15) is 13.5 Å². The molecule has 0 unspecified atom stereocenters. The first-order chi connectivity index (χ1) is 15.5. The van der Waals surface area contributed by atoms with Crippen LogP contribution in [-0.2, 0) is 14.8 Å². The van der Waals surface area contributed by atoms with Crippen molar-refractivity contribution < 1.29 is 17.9 Å². The predicted octanol–water partition coefficient (Wildman–Crippen LogP) is 2.82. The van der Waals surface area contributed by atoms with Crippen molar-refractivity contribution in [2.24, 2.45) is 0 Å². The van der Waals surface area contributed by atoms with Crippen molar-refractivity contribution in [3.8, 4) is 0 Å². The fraction of sp³-hybridized carbons (Fsp3) is 0.455. The van der Waals surface area contributed by atoms with Crippen LogP contribution in [0.1, 0.15) is 33.3 Å². The van der Waals surface area contributed by atoms with Gasteiger partial charge in [0.1, 0.15) is 17.7 Å². The zero-order chi connectivity index (χ0) is 24.0. The predicted molar refractivity (Wildman–Crippen MR) is 124 cm³/mol. The lowest BCUT2D eigenvalue weighted by Crippen LogP contribution is -2.55. The maximum Gasteiger partial charge on any atom is 0.410 e. The van der Waals surface area contributed by atoms with E-state index in [0.29, 0.717) is 36.4 Å². The van der Waals surface area contributed by atoms with Crippen LogP contribution in [0.15, 0.2) is 41.7 Å². The summed E-state index contributed by atoms with van der Waals surface area (Å²) in [6.07, 6.45) is 2.47. The molecule has 3 aromatic rings. The highest BCUT2D eigenvalue weighted by Gasteiger charge is 2.33. The van der Waals surface area contributed by atoms with Crippen LogP contribution in [0.25, 0.3) is 11.0 Å². The summed E-state index contributed by atoms with van der Waals surface area (Å²) < 4.78 is 33.0. The number of fused-ring (bicyclic) bond motifs is 1. The molecule has 1 aliphatic rings. The highest BCUT2D eigenvalue weighted by atomic mass is 32.2. The van der Waals surface area contributed by atoms with E-state index in [0.717, 1.165) is 4.09 Å². The van der Waals surface area contributed by atoms with Gasteiger partial charge in [-0.05, 0) is 46.2 Å². The summed E-state index contributed by atoms with van der Waals surface area (Å²) in [4.78, 5) is 25.1. The lowest BCUT2D eigenvalue weighted by atomic mass is 10.2. The Hall–Kier alpha value is -3.21. The van der Waals surface area contributed by atoms with Crippen LogP contribution >= 0.6 is 0 Å². The molecule has 176 valence electrons. The molecule has 0 saturated carbocycles. The topological polar surface area (TPSA) is 111 Å². The molecule has 4 rings (SSSR count). The monoisotopic (exact) mass is 472 g/mol. The molecule has 0 aliphatic carbocycles. The van der Waals surface area contributed by atoms with E-state index in [9.17, 15) is 13.2 Å². The molecule has 1 aliphatic heterocycles. The number of amides is 1. The van der Waals surface area contributed by atoms with Crippen LogP contribution in [0.5, 0.6) is 0 Å². The summed E-state index contributed by atoms with van der Waals surface area (Å²) in [6, 6.07) is 6.64. The summed E-state index contributed by atoms with van der Waals surface area (Å²) in [7, 11) is -3.92. The fourth-order valence-corrected chi connectivity index (χ4v) is 5.37. The van der Waals surface area contributed by atoms with E-state index >= 15 is 0 Å². The molecule has 0 spiro atoms. The second-order valence-electron chi connectivity index (χ2n) is 9.16. The number of piperazine rings is 1. The quantitative estimate of drug-likeness (QED) is 0.572. The largest absolute Gasteiger partial charge is 0.444 e. The van der Waals surface area contributed by atoms with Gasteiger partial charge in [-0.3, -0.25) is 0 Å². The number of hydrogen-bond acceptors (Lipinski definition) is 8. The molecule has 1 amide bonds. The zero-order valence-corrected chi connectivity index (χ0v) is 20.2. The van der Waals surface area contributed by atoms with E-state index in [1.54, 1.807) is 36.1 Å². The van der Waals surface area contributed by atoms with Crippen molar-refractivity contribution in [1.29, 1.82) is 0 Å². The highest BCUT2D eigenvalue weighted by molar-refractivity contribution is 7.90. The van der Waals surface area contributed by atoms with Gasteiger partial charge < -0.3 is 14.5 Å². The Morgan fingerprint density at radius 3 is 2.55 bits per heavy atom. The molecule has 10 nitrogen and oxygen atoms in total. The Bertz CT molecular complexity index is 1300. The normalized spacial score (nSPS) is 17.4. The number of nitrogens with zero attached hydrogens (tertiary/aromatic N) is 6. The molecule has 1 atom stereocenters. The average molecular weight is 473 g/mol. The van der Waals surface area contributed by atoms with Crippen molar-refractivity contribution in [1.82, 2.24) is 24.1 Å². The SMILES string of the molecule is Cc1ccccc1S(=O)(=O)n1ncc2c(N3CCN(C(=O)OC(C)(C)C)[C@H](C)C3)ncnc21. The van der Waals surface area contributed by atoms with Gasteiger partial charge in [-0.25, -0.2) is 14.8 Å². The van der Waals surface area contributed by atoms with Gasteiger partial charge in [0.25, 0.3) is 10.0 Å². The number of aromatic nitrogens is 4. The van der Waals surface area contributed by atoms with Crippen LogP contribution in [0, 0.1) is 6.92 Å². The summed E-state index contributed by atoms with van der Waals surface area (Å²) in [6.45, 7) is 10.7. The van der Waals surface area contributed by atoms with Crippen molar-refractivity contribution >= 4 is 33.0 Å². The van der Waals surface area contributed by atoms with E-state index in [-0.39, 0.29) is 22.7 Å². The Kier molecular flexibility index (Phi) is 5.77. The number of carbonyl (C=O) groups is 1. The maximum absolute atomic E-state index is 13.3. The second kappa shape index (κ2) is 8.29. The standard InChI is InChI=1S/C22H28N6O4S/c1-15-8-6-7-9-18(15)33(30,31)28-20-17(12-25-28)19(23-14-24-20)26-10-11-27(16(2)13-26)21(29)32-22(3,4)5/h6-9,12,14,16H,10-11,13H2,1-5H3/t16-/m1/s1. The minimum atomic E-state index is -3.92. The minimum absolute atomic E-state index is 0.121. The van der Waals surface area contributed by atoms with Crippen molar-refractivity contribution in [3.63, 3.8) is 0 Å². The maximum atomic E-state index is 13.3. The van der Waals surface area contributed by atoms with E-state index < -0.39 is 15.6 Å². The number of ether oxygens (including phenoxy) is 1. The van der Waals surface area contributed by atoms with Crippen LogP contribution in [0.4, 0.5) is 10.6 Å². The number of rotatable bonds is 3. The molecule has 2 aromatic heterocycles. The Balaban J connectivity index is 1.63. The molecule has 11 heteroatoms. The first kappa shape index (κ1) is 23.0. The van der Waals surface area contributed by atoms with Gasteiger partial charge in [-0.15, -0.1) is 4.09 Å². The highest BCUT2D eigenvalue weighted by Crippen LogP contribution is 2.28. The zero-order valence-electron chi connectivity index (χ0n) is 19.4. The summed E-state index contributed by atoms with van der Waals surface area (Å²) in [5, 5.41) is 4.69. The Morgan fingerprint density at radius 1 is 1.15 bits per heavy atom. The first-order valence-electron chi connectivity index (χ1n) is 10.7. The van der Waals surface area contributed by atoms with E-state index in [2.05, 4.69) is 15.1 Å². The van der Waals surface area contributed by atoms with E-state index in [1.165, 1.54) is 12.5 Å². The second-order valence-corrected chi connectivity index (χ2v) is 10.9. The van der Waals surface area contributed by atoms with E-state index in [4.69, 9.17) is 4.74 Å². The van der Waals surface area contributed by atoms with Gasteiger partial charge in [0.2, 0.25) is 0 Å². The third-order valence-electron chi connectivity index (χ3n) is 5.47. The number of benzene rings is 1. The molecule has 1 saturated heterocycles. The summed E-state index contributed by atoms with van der Waals surface area (Å²) >= 11 is 0. The molecule has 33 heavy (non-hydrogen) atoms. The molecular formula is C22H28N6O4S. The van der Waals surface area contributed by atoms with Gasteiger partial charge in [0.15, 0.2) is 5.65 Å². The molecule has 0 radical (unpaired) electrons. The fourth-order valence-electron chi connectivity index (χ4n) is 3.92. The third-order valence-corrected chi connectivity index (χ3v) is 7.21. The average Bonchev–Trinajstić information content (AvgIpc) is 3.17. The number of anilines is 1. The molecule has 1 fully saturated rings. The smallest absolute Gasteiger partial charge is 0.410 e. The van der Waals surface area contributed by atoms with Gasteiger partial charge in [0.05, 0.1) is 16.5 Å². The van der Waals surface area contributed by atoms with Crippen LogP contribution in [0.2, 0.25) is 0 Å². The summed E-state index contributed by atoms with van der Waals surface area (Å²) in [5.74, 6) is 0.585. The minimum Gasteiger partial charge on any atom is -0.444 e. The molecule has 0 bridgehead atoms. The Labute approximate surface area is 193 Å². The Morgan fingerprint density at radius 2 is 1.88 bits per heavy atom. The summed E-state index contributed by atoms with van der Waals surface area (Å²) in [5.41, 5.74) is 0.275. The van der Waals surface area contributed by atoms with Crippen molar-refractivity contribution in [2.45, 2.75) is 51.2 Å². The third kappa shape index (κ3) is 4.37. The van der Waals surface area contributed by atoms with Crippen LogP contribution in [-0.4, -0.2) is 69.8 Å². The first-order valence-corrected chi connectivity index (χ1v) is 12.2. The van der Waals surface area contributed by atoms with Crippen molar-refractivity contribution in [3.05, 3.63) is 42.4 Å². The molecule has 3 heterocycles. The van der Waals surface area contributed by atoms with Crippen LogP contribution < -0.4 is 4.90 Å². The molecular weight excluding hydrogens is 444 g/mol. The molecule has 1 aromatic carbocycles. The van der Waals surface area contributed by atoms with Crippen molar-refractivity contribution in [2.75, 3.05) is 24.5 Å². The van der Waals surface area contributed by atoms with Gasteiger partial charge >= 0.3 is 6.09 Å². The van der Waals surface area contributed by atoms with E-state index in [1.807, 2.05) is 32.6 Å². The lowest BCUT2D eigenvalue weighted by Gasteiger charge is -2.40.